The number of aryl methyl sites for hydroxylation is 1. The lowest BCUT2D eigenvalue weighted by Gasteiger charge is -2.52. The fourth-order valence-corrected chi connectivity index (χ4v) is 4.40. The van der Waals surface area contributed by atoms with Gasteiger partial charge in [0.1, 0.15) is 6.04 Å². The topological polar surface area (TPSA) is 79.4 Å². The van der Waals surface area contributed by atoms with E-state index in [-0.39, 0.29) is 24.5 Å². The van der Waals surface area contributed by atoms with Crippen molar-refractivity contribution in [1.29, 1.82) is 0 Å². The Hall–Kier alpha value is -2.26. The number of carbonyl (C=O) groups is 3. The van der Waals surface area contributed by atoms with Gasteiger partial charge < -0.3 is 14.5 Å². The molecule has 0 spiro atoms. The van der Waals surface area contributed by atoms with Crippen molar-refractivity contribution < 1.29 is 24.0 Å². The quantitative estimate of drug-likeness (QED) is 0.664. The fourth-order valence-electron chi connectivity index (χ4n) is 3.94. The molecule has 3 amide bonds. The molecule has 2 heterocycles. The molecular weight excluding hydrogens is 418 g/mol. The average molecular weight is 450 g/mol. The van der Waals surface area contributed by atoms with E-state index in [1.54, 1.807) is 35.4 Å². The summed E-state index contributed by atoms with van der Waals surface area (Å²) in [5, 5.41) is 1.15. The highest BCUT2D eigenvalue weighted by molar-refractivity contribution is 7.98. The van der Waals surface area contributed by atoms with Crippen molar-refractivity contribution in [3.05, 3.63) is 29.8 Å². The van der Waals surface area contributed by atoms with Gasteiger partial charge in [0.15, 0.2) is 12.3 Å². The summed E-state index contributed by atoms with van der Waals surface area (Å²) in [6, 6.07) is 6.97. The van der Waals surface area contributed by atoms with Crippen molar-refractivity contribution in [2.45, 2.75) is 65.0 Å². The highest BCUT2D eigenvalue weighted by Gasteiger charge is 2.53. The first-order valence-electron chi connectivity index (χ1n) is 10.6. The number of piperazine rings is 1. The summed E-state index contributed by atoms with van der Waals surface area (Å²) in [6.45, 7) is 7.41. The Morgan fingerprint density at radius 2 is 2.03 bits per heavy atom. The molecule has 0 radical (unpaired) electrons. The summed E-state index contributed by atoms with van der Waals surface area (Å²) in [5.41, 5.74) is 1.76. The number of carbonyl (C=O) groups excluding carboxylic acids is 3. The van der Waals surface area contributed by atoms with E-state index >= 15 is 0 Å². The maximum absolute atomic E-state index is 13.5. The Morgan fingerprint density at radius 1 is 1.29 bits per heavy atom. The minimum atomic E-state index is -0.828. The van der Waals surface area contributed by atoms with E-state index in [4.69, 9.17) is 9.57 Å². The maximum Gasteiger partial charge on any atom is 0.436 e. The van der Waals surface area contributed by atoms with Gasteiger partial charge in [-0.05, 0) is 63.3 Å². The smallest absolute Gasteiger partial charge is 0.436 e. The number of ether oxygens (including phenoxy) is 1. The Morgan fingerprint density at radius 3 is 2.65 bits per heavy atom. The molecular formula is C22H31N3O5S. The van der Waals surface area contributed by atoms with Crippen molar-refractivity contribution in [3.63, 3.8) is 0 Å². The highest BCUT2D eigenvalue weighted by atomic mass is 32.2. The van der Waals surface area contributed by atoms with Gasteiger partial charge in [-0.3, -0.25) is 14.4 Å². The number of amides is 3. The molecule has 31 heavy (non-hydrogen) atoms. The van der Waals surface area contributed by atoms with Gasteiger partial charge in [0.05, 0.1) is 12.6 Å². The Bertz CT molecular complexity index is 833. The lowest BCUT2D eigenvalue weighted by atomic mass is 10.0. The maximum atomic E-state index is 13.5. The van der Waals surface area contributed by atoms with Gasteiger partial charge in [-0.15, -0.1) is 0 Å². The number of rotatable bonds is 6. The summed E-state index contributed by atoms with van der Waals surface area (Å²) in [6.07, 6.45) is 0.265. The molecule has 0 bridgehead atoms. The van der Waals surface area contributed by atoms with Gasteiger partial charge >= 0.3 is 6.09 Å². The Kier molecular flexibility index (Phi) is 7.48. The van der Waals surface area contributed by atoms with Gasteiger partial charge in [-0.2, -0.15) is 16.8 Å². The second kappa shape index (κ2) is 9.91. The highest BCUT2D eigenvalue weighted by Crippen LogP contribution is 2.33. The van der Waals surface area contributed by atoms with E-state index in [0.717, 1.165) is 16.3 Å². The molecule has 2 saturated heterocycles. The molecule has 0 saturated carbocycles. The van der Waals surface area contributed by atoms with Gasteiger partial charge in [0, 0.05) is 5.69 Å². The first-order chi connectivity index (χ1) is 14.8. The van der Waals surface area contributed by atoms with Crippen LogP contribution in [0.3, 0.4) is 0 Å². The SMILES string of the molecule is CC[C@H]1ON(C(=O)OC(C)C)C2CN(c3cccc(C)c3)C(=O)[C@H](CCSC)N2C1=O. The summed E-state index contributed by atoms with van der Waals surface area (Å²) in [7, 11) is 0. The van der Waals surface area contributed by atoms with Gasteiger partial charge in [0.2, 0.25) is 5.91 Å². The molecule has 2 fully saturated rings. The van der Waals surface area contributed by atoms with Crippen LogP contribution in [-0.4, -0.2) is 70.8 Å². The zero-order valence-electron chi connectivity index (χ0n) is 18.7. The molecule has 8 nitrogen and oxygen atoms in total. The van der Waals surface area contributed by atoms with Crippen LogP contribution >= 0.6 is 11.8 Å². The monoisotopic (exact) mass is 449 g/mol. The first-order valence-corrected chi connectivity index (χ1v) is 12.0. The summed E-state index contributed by atoms with van der Waals surface area (Å²) >= 11 is 1.61. The summed E-state index contributed by atoms with van der Waals surface area (Å²) < 4.78 is 5.39. The molecule has 1 aromatic rings. The standard InChI is InChI=1S/C22H31N3O5S/c1-6-18-21(27)24-17(10-11-31-5)20(26)23(16-9-7-8-15(4)12-16)13-19(24)25(30-18)22(28)29-14(2)3/h7-9,12,14,17-19H,6,10-11,13H2,1-5H3/t17-,18+,19?/m0/s1. The second-order valence-electron chi connectivity index (χ2n) is 8.07. The third kappa shape index (κ3) is 4.82. The van der Waals surface area contributed by atoms with Gasteiger partial charge in [0.25, 0.3) is 5.91 Å². The van der Waals surface area contributed by atoms with Crippen LogP contribution in [0.4, 0.5) is 10.5 Å². The van der Waals surface area contributed by atoms with Crippen LogP contribution in [0.2, 0.25) is 0 Å². The largest absolute Gasteiger partial charge is 0.445 e. The second-order valence-corrected chi connectivity index (χ2v) is 9.06. The van der Waals surface area contributed by atoms with Crippen molar-refractivity contribution in [3.8, 4) is 0 Å². The fraction of sp³-hybridized carbons (Fsp3) is 0.591. The number of fused-ring (bicyclic) bond motifs is 1. The zero-order chi connectivity index (χ0) is 22.7. The van der Waals surface area contributed by atoms with E-state index in [2.05, 4.69) is 0 Å². The van der Waals surface area contributed by atoms with Crippen molar-refractivity contribution in [2.24, 2.45) is 0 Å². The molecule has 0 aromatic heterocycles. The van der Waals surface area contributed by atoms with E-state index in [1.807, 2.05) is 44.4 Å². The van der Waals surface area contributed by atoms with Crippen LogP contribution in [0.15, 0.2) is 24.3 Å². The number of benzene rings is 1. The van der Waals surface area contributed by atoms with Gasteiger partial charge in [-0.25, -0.2) is 4.79 Å². The minimum Gasteiger partial charge on any atom is -0.445 e. The molecule has 1 aromatic carbocycles. The number of anilines is 1. The Balaban J connectivity index is 2.03. The van der Waals surface area contributed by atoms with Crippen molar-refractivity contribution in [1.82, 2.24) is 9.96 Å². The zero-order valence-corrected chi connectivity index (χ0v) is 19.6. The van der Waals surface area contributed by atoms with E-state index in [0.29, 0.717) is 18.6 Å². The third-order valence-corrected chi connectivity index (χ3v) is 6.04. The molecule has 0 aliphatic carbocycles. The molecule has 9 heteroatoms. The summed E-state index contributed by atoms with van der Waals surface area (Å²) in [4.78, 5) is 48.6. The minimum absolute atomic E-state index is 0.118. The lowest BCUT2D eigenvalue weighted by molar-refractivity contribution is -0.260. The van der Waals surface area contributed by atoms with E-state index in [1.165, 1.54) is 0 Å². The molecule has 2 aliphatic rings. The van der Waals surface area contributed by atoms with Gasteiger partial charge in [-0.1, -0.05) is 19.1 Å². The first kappa shape index (κ1) is 23.4. The van der Waals surface area contributed by atoms with Crippen LogP contribution in [-0.2, 0) is 19.2 Å². The molecule has 170 valence electrons. The number of hydrogen-bond donors (Lipinski definition) is 0. The van der Waals surface area contributed by atoms with Crippen LogP contribution < -0.4 is 4.90 Å². The molecule has 2 aliphatic heterocycles. The third-order valence-electron chi connectivity index (χ3n) is 5.39. The van der Waals surface area contributed by atoms with Crippen LogP contribution in [0, 0.1) is 6.92 Å². The number of hydroxylamine groups is 2. The van der Waals surface area contributed by atoms with Crippen LogP contribution in [0.25, 0.3) is 0 Å². The van der Waals surface area contributed by atoms with Crippen LogP contribution in [0.5, 0.6) is 0 Å². The van der Waals surface area contributed by atoms with Crippen molar-refractivity contribution >= 4 is 35.4 Å². The van der Waals surface area contributed by atoms with E-state index in [9.17, 15) is 14.4 Å². The molecule has 3 atom stereocenters. The van der Waals surface area contributed by atoms with Crippen molar-refractivity contribution in [2.75, 3.05) is 23.5 Å². The molecule has 3 rings (SSSR count). The summed E-state index contributed by atoms with van der Waals surface area (Å²) in [5.74, 6) is 0.311. The molecule has 1 unspecified atom stereocenters. The normalized spacial score (nSPS) is 23.9. The number of nitrogens with zero attached hydrogens (tertiary/aromatic N) is 3. The lowest BCUT2D eigenvalue weighted by Crippen LogP contribution is -2.73. The number of hydrogen-bond acceptors (Lipinski definition) is 6. The average Bonchev–Trinajstić information content (AvgIpc) is 2.72. The van der Waals surface area contributed by atoms with E-state index < -0.39 is 24.4 Å². The predicted octanol–water partition coefficient (Wildman–Crippen LogP) is 3.19. The number of thioether (sulfide) groups is 1. The molecule has 0 N–H and O–H groups in total. The Labute approximate surface area is 187 Å². The predicted molar refractivity (Wildman–Crippen MR) is 120 cm³/mol. The van der Waals surface area contributed by atoms with Crippen LogP contribution in [0.1, 0.15) is 39.2 Å².